The second-order valence-electron chi connectivity index (χ2n) is 4.29. The number of carbonyl (C=O) groups excluding carboxylic acids is 1. The second kappa shape index (κ2) is 5.53. The minimum atomic E-state index is -0.914. The fourth-order valence-electron chi connectivity index (χ4n) is 1.68. The lowest BCUT2D eigenvalue weighted by Gasteiger charge is -2.08. The first-order valence-electron chi connectivity index (χ1n) is 5.86. The summed E-state index contributed by atoms with van der Waals surface area (Å²) in [6, 6.07) is 4.79. The molecular formula is C13H11FN4O3. The van der Waals surface area contributed by atoms with E-state index in [9.17, 15) is 19.3 Å². The number of nitro groups is 1. The van der Waals surface area contributed by atoms with Gasteiger partial charge < -0.3 is 11.1 Å². The minimum Gasteiger partial charge on any atom is -0.393 e. The van der Waals surface area contributed by atoms with Crippen LogP contribution < -0.4 is 11.1 Å². The zero-order chi connectivity index (χ0) is 15.6. The van der Waals surface area contributed by atoms with E-state index in [1.165, 1.54) is 6.20 Å². The fraction of sp³-hybridized carbons (Fsp3) is 0.0769. The SMILES string of the molecule is Cc1ccc(NC(=O)c2cc(F)cc([N+](=O)[O-])c2N)cn1. The van der Waals surface area contributed by atoms with Crippen LogP contribution in [0.5, 0.6) is 0 Å². The maximum atomic E-state index is 13.4. The Hall–Kier alpha value is -3.03. The molecule has 108 valence electrons. The van der Waals surface area contributed by atoms with Crippen molar-refractivity contribution in [2.24, 2.45) is 0 Å². The number of halogens is 1. The molecule has 2 rings (SSSR count). The van der Waals surface area contributed by atoms with Crippen molar-refractivity contribution in [3.05, 3.63) is 57.7 Å². The number of pyridine rings is 1. The van der Waals surface area contributed by atoms with Crippen molar-refractivity contribution in [1.29, 1.82) is 0 Å². The Morgan fingerprint density at radius 1 is 1.43 bits per heavy atom. The van der Waals surface area contributed by atoms with Crippen molar-refractivity contribution in [3.8, 4) is 0 Å². The predicted molar refractivity (Wildman–Crippen MR) is 74.4 cm³/mol. The summed E-state index contributed by atoms with van der Waals surface area (Å²) in [5.41, 5.74) is 5.33. The largest absolute Gasteiger partial charge is 0.393 e. The van der Waals surface area contributed by atoms with E-state index in [1.54, 1.807) is 19.1 Å². The van der Waals surface area contributed by atoms with E-state index >= 15 is 0 Å². The first-order valence-corrected chi connectivity index (χ1v) is 5.86. The molecule has 0 saturated heterocycles. The molecule has 0 bridgehead atoms. The normalized spacial score (nSPS) is 10.2. The van der Waals surface area contributed by atoms with E-state index in [-0.39, 0.29) is 11.3 Å². The van der Waals surface area contributed by atoms with Crippen molar-refractivity contribution in [2.45, 2.75) is 6.92 Å². The summed E-state index contributed by atoms with van der Waals surface area (Å²) >= 11 is 0. The van der Waals surface area contributed by atoms with Crippen LogP contribution in [0.1, 0.15) is 16.1 Å². The van der Waals surface area contributed by atoms with E-state index in [4.69, 9.17) is 5.73 Å². The third kappa shape index (κ3) is 3.11. The summed E-state index contributed by atoms with van der Waals surface area (Å²) in [7, 11) is 0. The molecule has 1 amide bonds. The fourth-order valence-corrected chi connectivity index (χ4v) is 1.68. The van der Waals surface area contributed by atoms with Crippen molar-refractivity contribution in [1.82, 2.24) is 4.98 Å². The molecule has 0 fully saturated rings. The van der Waals surface area contributed by atoms with E-state index in [2.05, 4.69) is 10.3 Å². The molecule has 0 radical (unpaired) electrons. The number of benzene rings is 1. The molecule has 1 heterocycles. The molecule has 2 aromatic rings. The molecule has 0 spiro atoms. The van der Waals surface area contributed by atoms with Crippen LogP contribution in [0.4, 0.5) is 21.5 Å². The molecular weight excluding hydrogens is 279 g/mol. The lowest BCUT2D eigenvalue weighted by atomic mass is 10.1. The first-order chi connectivity index (χ1) is 9.88. The van der Waals surface area contributed by atoms with Crippen LogP contribution in [-0.4, -0.2) is 15.8 Å². The number of nitrogens with zero attached hydrogens (tertiary/aromatic N) is 2. The van der Waals surface area contributed by atoms with Crippen LogP contribution in [0, 0.1) is 22.9 Å². The molecule has 0 saturated carbocycles. The number of nitro benzene ring substituents is 1. The maximum absolute atomic E-state index is 13.4. The Kier molecular flexibility index (Phi) is 3.79. The second-order valence-corrected chi connectivity index (χ2v) is 4.29. The Morgan fingerprint density at radius 2 is 2.14 bits per heavy atom. The van der Waals surface area contributed by atoms with Crippen LogP contribution >= 0.6 is 0 Å². The number of rotatable bonds is 3. The van der Waals surface area contributed by atoms with Gasteiger partial charge in [0.1, 0.15) is 11.5 Å². The smallest absolute Gasteiger partial charge is 0.295 e. The van der Waals surface area contributed by atoms with Crippen LogP contribution in [0.15, 0.2) is 30.5 Å². The third-order valence-electron chi connectivity index (χ3n) is 2.73. The van der Waals surface area contributed by atoms with Crippen molar-refractivity contribution >= 4 is 23.0 Å². The molecule has 3 N–H and O–H groups in total. The standard InChI is InChI=1S/C13H11FN4O3/c1-7-2-3-9(6-16-7)17-13(19)10-4-8(14)5-11(12(10)15)18(20)21/h2-6H,15H2,1H3,(H,17,19). The van der Waals surface area contributed by atoms with Crippen molar-refractivity contribution < 1.29 is 14.1 Å². The quantitative estimate of drug-likeness (QED) is 0.511. The molecule has 0 unspecified atom stereocenters. The molecule has 0 aliphatic rings. The van der Waals surface area contributed by atoms with Gasteiger partial charge in [-0.05, 0) is 25.1 Å². The highest BCUT2D eigenvalue weighted by Gasteiger charge is 2.21. The summed E-state index contributed by atoms with van der Waals surface area (Å²) in [5, 5.41) is 13.2. The first kappa shape index (κ1) is 14.4. The lowest BCUT2D eigenvalue weighted by molar-refractivity contribution is -0.384. The number of nitrogen functional groups attached to an aromatic ring is 1. The number of aryl methyl sites for hydroxylation is 1. The number of anilines is 2. The van der Waals surface area contributed by atoms with E-state index in [0.717, 1.165) is 11.8 Å². The Labute approximate surface area is 118 Å². The third-order valence-corrected chi connectivity index (χ3v) is 2.73. The zero-order valence-electron chi connectivity index (χ0n) is 11.0. The van der Waals surface area contributed by atoms with Crippen LogP contribution in [0.3, 0.4) is 0 Å². The van der Waals surface area contributed by atoms with Gasteiger partial charge in [0, 0.05) is 5.69 Å². The Balaban J connectivity index is 2.35. The van der Waals surface area contributed by atoms with Crippen molar-refractivity contribution in [2.75, 3.05) is 11.1 Å². The van der Waals surface area contributed by atoms with Gasteiger partial charge in [-0.2, -0.15) is 0 Å². The van der Waals surface area contributed by atoms with Gasteiger partial charge in [0.05, 0.1) is 28.4 Å². The molecule has 21 heavy (non-hydrogen) atoms. The molecule has 0 atom stereocenters. The highest BCUT2D eigenvalue weighted by atomic mass is 19.1. The van der Waals surface area contributed by atoms with Crippen LogP contribution in [0.25, 0.3) is 0 Å². The van der Waals surface area contributed by atoms with Gasteiger partial charge in [0.2, 0.25) is 0 Å². The van der Waals surface area contributed by atoms with E-state index in [1.807, 2.05) is 0 Å². The number of nitrogens with two attached hydrogens (primary N) is 1. The summed E-state index contributed by atoms with van der Waals surface area (Å²) in [6.07, 6.45) is 1.41. The molecule has 8 heteroatoms. The molecule has 0 aliphatic heterocycles. The average molecular weight is 290 g/mol. The monoisotopic (exact) mass is 290 g/mol. The molecule has 7 nitrogen and oxygen atoms in total. The topological polar surface area (TPSA) is 111 Å². The maximum Gasteiger partial charge on any atom is 0.295 e. The number of hydrogen-bond acceptors (Lipinski definition) is 5. The van der Waals surface area contributed by atoms with Gasteiger partial charge >= 0.3 is 0 Å². The molecule has 1 aromatic heterocycles. The Bertz CT molecular complexity index is 716. The highest BCUT2D eigenvalue weighted by Crippen LogP contribution is 2.27. The highest BCUT2D eigenvalue weighted by molar-refractivity contribution is 6.08. The average Bonchev–Trinajstić information content (AvgIpc) is 2.43. The summed E-state index contributed by atoms with van der Waals surface area (Å²) in [5.74, 6) is -1.66. The van der Waals surface area contributed by atoms with Gasteiger partial charge in [-0.25, -0.2) is 4.39 Å². The van der Waals surface area contributed by atoms with Crippen molar-refractivity contribution in [3.63, 3.8) is 0 Å². The van der Waals surface area contributed by atoms with Gasteiger partial charge in [0.25, 0.3) is 11.6 Å². The number of carbonyl (C=O) groups is 1. The van der Waals surface area contributed by atoms with Gasteiger partial charge in [-0.3, -0.25) is 19.9 Å². The van der Waals surface area contributed by atoms with Crippen LogP contribution in [0.2, 0.25) is 0 Å². The number of amides is 1. The zero-order valence-corrected chi connectivity index (χ0v) is 11.0. The Morgan fingerprint density at radius 3 is 2.71 bits per heavy atom. The minimum absolute atomic E-state index is 0.303. The van der Waals surface area contributed by atoms with Gasteiger partial charge in [0.15, 0.2) is 0 Å². The van der Waals surface area contributed by atoms with Crippen LogP contribution in [-0.2, 0) is 0 Å². The predicted octanol–water partition coefficient (Wildman–Crippen LogP) is 2.27. The summed E-state index contributed by atoms with van der Waals surface area (Å²) < 4.78 is 13.4. The molecule has 0 aliphatic carbocycles. The number of hydrogen-bond donors (Lipinski definition) is 2. The van der Waals surface area contributed by atoms with E-state index < -0.39 is 22.3 Å². The lowest BCUT2D eigenvalue weighted by Crippen LogP contribution is -2.15. The summed E-state index contributed by atoms with van der Waals surface area (Å²) in [6.45, 7) is 1.78. The van der Waals surface area contributed by atoms with E-state index in [0.29, 0.717) is 11.8 Å². The summed E-state index contributed by atoms with van der Waals surface area (Å²) in [4.78, 5) is 25.9. The molecule has 1 aromatic carbocycles. The van der Waals surface area contributed by atoms with Gasteiger partial charge in [-0.1, -0.05) is 0 Å². The number of nitrogens with one attached hydrogen (secondary N) is 1. The number of aromatic nitrogens is 1. The van der Waals surface area contributed by atoms with Gasteiger partial charge in [-0.15, -0.1) is 0 Å².